The van der Waals surface area contributed by atoms with Gasteiger partial charge in [0, 0.05) is 0 Å². The van der Waals surface area contributed by atoms with E-state index in [1.165, 1.54) is 38.1 Å². The third-order valence-electron chi connectivity index (χ3n) is 3.18. The molecule has 5 heteroatoms. The predicted octanol–water partition coefficient (Wildman–Crippen LogP) is 2.56. The van der Waals surface area contributed by atoms with Gasteiger partial charge in [0.05, 0.1) is 23.0 Å². The summed E-state index contributed by atoms with van der Waals surface area (Å²) in [5.74, 6) is 0. The van der Waals surface area contributed by atoms with Crippen molar-refractivity contribution in [3.8, 4) is 6.01 Å². The monoisotopic (exact) mass is 255 g/mol. The maximum atomic E-state index is 6.33. The normalized spacial score (nSPS) is 19.6. The fourth-order valence-electron chi connectivity index (χ4n) is 2.16. The van der Waals surface area contributed by atoms with Gasteiger partial charge in [-0.1, -0.05) is 37.3 Å². The van der Waals surface area contributed by atoms with Crippen molar-refractivity contribution < 1.29 is 4.74 Å². The van der Waals surface area contributed by atoms with Crippen LogP contribution in [0.5, 0.6) is 6.01 Å². The Morgan fingerprint density at radius 2 is 1.76 bits per heavy atom. The first kappa shape index (κ1) is 12.6. The topological polar surface area (TPSA) is 61.0 Å². The molecule has 0 radical (unpaired) electrons. The number of nitrogens with zero attached hydrogens (tertiary/aromatic N) is 2. The summed E-state index contributed by atoms with van der Waals surface area (Å²) >= 11 is 5.70. The molecule has 1 heterocycles. The van der Waals surface area contributed by atoms with Gasteiger partial charge in [0.15, 0.2) is 0 Å². The van der Waals surface area contributed by atoms with Crippen molar-refractivity contribution in [2.24, 2.45) is 5.73 Å². The molecular formula is C12H18ClN3O. The molecule has 94 valence electrons. The Morgan fingerprint density at radius 3 is 2.35 bits per heavy atom. The first-order valence-electron chi connectivity index (χ1n) is 6.07. The summed E-state index contributed by atoms with van der Waals surface area (Å²) in [4.78, 5) is 7.99. The Balaban J connectivity index is 1.89. The minimum atomic E-state index is -0.223. The van der Waals surface area contributed by atoms with Gasteiger partial charge < -0.3 is 10.5 Å². The van der Waals surface area contributed by atoms with Crippen LogP contribution >= 0.6 is 11.6 Å². The average Bonchev–Trinajstić information content (AvgIpc) is 2.54. The second-order valence-electron chi connectivity index (χ2n) is 4.75. The maximum Gasteiger partial charge on any atom is 0.316 e. The van der Waals surface area contributed by atoms with Crippen LogP contribution in [0.4, 0.5) is 0 Å². The van der Waals surface area contributed by atoms with E-state index in [-0.39, 0.29) is 5.54 Å². The lowest BCUT2D eigenvalue weighted by atomic mass is 9.93. The van der Waals surface area contributed by atoms with Gasteiger partial charge in [-0.2, -0.15) is 0 Å². The van der Waals surface area contributed by atoms with Gasteiger partial charge >= 0.3 is 6.01 Å². The summed E-state index contributed by atoms with van der Waals surface area (Å²) in [7, 11) is 0. The molecule has 0 atom stereocenters. The van der Waals surface area contributed by atoms with Crippen LogP contribution in [0.15, 0.2) is 12.4 Å². The number of rotatable bonds is 3. The molecule has 0 saturated heterocycles. The summed E-state index contributed by atoms with van der Waals surface area (Å²) in [6, 6.07) is 0.350. The highest BCUT2D eigenvalue weighted by atomic mass is 35.5. The van der Waals surface area contributed by atoms with Crippen LogP contribution in [0, 0.1) is 0 Å². The number of aromatic nitrogens is 2. The van der Waals surface area contributed by atoms with E-state index >= 15 is 0 Å². The highest BCUT2D eigenvalue weighted by Gasteiger charge is 2.27. The molecule has 0 spiro atoms. The number of nitrogens with two attached hydrogens (primary N) is 1. The van der Waals surface area contributed by atoms with Crippen molar-refractivity contribution in [1.82, 2.24) is 9.97 Å². The summed E-state index contributed by atoms with van der Waals surface area (Å²) in [5.41, 5.74) is 6.11. The Kier molecular flexibility index (Phi) is 4.18. The summed E-state index contributed by atoms with van der Waals surface area (Å²) in [6.45, 7) is 0.481. The Hall–Kier alpha value is -0.870. The molecule has 17 heavy (non-hydrogen) atoms. The van der Waals surface area contributed by atoms with E-state index in [4.69, 9.17) is 22.1 Å². The first-order chi connectivity index (χ1) is 8.18. The second-order valence-corrected chi connectivity index (χ2v) is 5.19. The van der Waals surface area contributed by atoms with Gasteiger partial charge in [-0.05, 0) is 12.8 Å². The van der Waals surface area contributed by atoms with Crippen LogP contribution < -0.4 is 10.5 Å². The maximum absolute atomic E-state index is 6.33. The van der Waals surface area contributed by atoms with E-state index in [1.807, 2.05) is 0 Å². The van der Waals surface area contributed by atoms with Crippen LogP contribution in [0.3, 0.4) is 0 Å². The van der Waals surface area contributed by atoms with E-state index in [2.05, 4.69) is 9.97 Å². The molecule has 4 nitrogen and oxygen atoms in total. The van der Waals surface area contributed by atoms with Gasteiger partial charge in [0.25, 0.3) is 0 Å². The van der Waals surface area contributed by atoms with Crippen molar-refractivity contribution in [2.75, 3.05) is 6.61 Å². The van der Waals surface area contributed by atoms with Gasteiger partial charge in [0.2, 0.25) is 0 Å². The summed E-state index contributed by atoms with van der Waals surface area (Å²) < 4.78 is 5.55. The van der Waals surface area contributed by atoms with Gasteiger partial charge in [-0.25, -0.2) is 9.97 Å². The molecule has 1 fully saturated rings. The zero-order chi connectivity index (χ0) is 12.1. The first-order valence-corrected chi connectivity index (χ1v) is 6.45. The molecule has 2 N–H and O–H groups in total. The Bertz CT molecular complexity index is 347. The van der Waals surface area contributed by atoms with Crippen LogP contribution in [-0.2, 0) is 0 Å². The molecule has 1 aliphatic carbocycles. The van der Waals surface area contributed by atoms with Crippen molar-refractivity contribution in [1.29, 1.82) is 0 Å². The SMILES string of the molecule is NC1(COc2ncc(Cl)cn2)CCCCCC1. The molecule has 1 aromatic heterocycles. The zero-order valence-corrected chi connectivity index (χ0v) is 10.6. The van der Waals surface area contributed by atoms with Crippen LogP contribution in [0.1, 0.15) is 38.5 Å². The van der Waals surface area contributed by atoms with E-state index in [9.17, 15) is 0 Å². The minimum absolute atomic E-state index is 0.223. The standard InChI is InChI=1S/C12H18ClN3O/c13-10-7-15-11(16-8-10)17-9-12(14)5-3-1-2-4-6-12/h7-8H,1-6,9,14H2. The molecule has 1 aromatic rings. The van der Waals surface area contributed by atoms with E-state index in [0.717, 1.165) is 12.8 Å². The highest BCUT2D eigenvalue weighted by Crippen LogP contribution is 2.25. The fourth-order valence-corrected chi connectivity index (χ4v) is 2.26. The summed E-state index contributed by atoms with van der Waals surface area (Å²) in [6.07, 6.45) is 10.00. The molecule has 0 amide bonds. The van der Waals surface area contributed by atoms with E-state index < -0.39 is 0 Å². The molecule has 1 saturated carbocycles. The average molecular weight is 256 g/mol. The van der Waals surface area contributed by atoms with Crippen LogP contribution in [0.2, 0.25) is 5.02 Å². The third kappa shape index (κ3) is 3.82. The quantitative estimate of drug-likeness (QED) is 0.844. The third-order valence-corrected chi connectivity index (χ3v) is 3.38. The predicted molar refractivity (Wildman–Crippen MR) is 67.2 cm³/mol. The lowest BCUT2D eigenvalue weighted by molar-refractivity contribution is 0.187. The van der Waals surface area contributed by atoms with E-state index in [1.54, 1.807) is 0 Å². The highest BCUT2D eigenvalue weighted by molar-refractivity contribution is 6.30. The smallest absolute Gasteiger partial charge is 0.316 e. The van der Waals surface area contributed by atoms with Crippen molar-refractivity contribution in [2.45, 2.75) is 44.1 Å². The van der Waals surface area contributed by atoms with Crippen LogP contribution in [0.25, 0.3) is 0 Å². The molecule has 0 unspecified atom stereocenters. The lowest BCUT2D eigenvalue weighted by Crippen LogP contribution is -2.45. The van der Waals surface area contributed by atoms with Crippen molar-refractivity contribution in [3.63, 3.8) is 0 Å². The Morgan fingerprint density at radius 1 is 1.18 bits per heavy atom. The molecular weight excluding hydrogens is 238 g/mol. The number of hydrogen-bond donors (Lipinski definition) is 1. The van der Waals surface area contributed by atoms with Gasteiger partial charge in [0.1, 0.15) is 6.61 Å². The van der Waals surface area contributed by atoms with Gasteiger partial charge in [-0.15, -0.1) is 0 Å². The molecule has 0 aromatic carbocycles. The number of halogens is 1. The second kappa shape index (κ2) is 5.65. The fraction of sp³-hybridized carbons (Fsp3) is 0.667. The lowest BCUT2D eigenvalue weighted by Gasteiger charge is -2.27. The molecule has 0 bridgehead atoms. The molecule has 1 aliphatic rings. The number of hydrogen-bond acceptors (Lipinski definition) is 4. The number of ether oxygens (including phenoxy) is 1. The zero-order valence-electron chi connectivity index (χ0n) is 9.86. The molecule has 2 rings (SSSR count). The Labute approximate surface area is 107 Å². The van der Waals surface area contributed by atoms with Crippen LogP contribution in [-0.4, -0.2) is 22.1 Å². The van der Waals surface area contributed by atoms with Crippen molar-refractivity contribution >= 4 is 11.6 Å². The molecule has 0 aliphatic heterocycles. The van der Waals surface area contributed by atoms with E-state index in [0.29, 0.717) is 17.6 Å². The van der Waals surface area contributed by atoms with Gasteiger partial charge in [-0.3, -0.25) is 0 Å². The summed E-state index contributed by atoms with van der Waals surface area (Å²) in [5, 5.41) is 0.509. The minimum Gasteiger partial charge on any atom is -0.462 e. The largest absolute Gasteiger partial charge is 0.462 e. The van der Waals surface area contributed by atoms with Crippen molar-refractivity contribution in [3.05, 3.63) is 17.4 Å².